The first-order valence-electron chi connectivity index (χ1n) is 17.2. The number of benzene rings is 2. The summed E-state index contributed by atoms with van der Waals surface area (Å²) in [6.07, 6.45) is 7.16. The first kappa shape index (κ1) is 38.3. The van der Waals surface area contributed by atoms with Gasteiger partial charge in [-0.15, -0.1) is 0 Å². The maximum atomic E-state index is 13.6. The molecule has 48 heavy (non-hydrogen) atoms. The second-order valence-corrected chi connectivity index (χ2v) is 13.3. The molecule has 2 aromatic rings. The number of nitrogens with one attached hydrogen (secondary N) is 4. The summed E-state index contributed by atoms with van der Waals surface area (Å²) in [6.45, 7) is 6.39. The van der Waals surface area contributed by atoms with Crippen molar-refractivity contribution in [3.63, 3.8) is 0 Å². The number of carbonyl (C=O) groups is 4. The molecule has 0 aromatic heterocycles. The summed E-state index contributed by atoms with van der Waals surface area (Å²) in [5.74, 6) is -0.233. The van der Waals surface area contributed by atoms with Gasteiger partial charge in [-0.3, -0.25) is 9.59 Å². The Bertz CT molecular complexity index is 1250. The Hall–Kier alpha value is -4.12. The van der Waals surface area contributed by atoms with Crippen molar-refractivity contribution >= 4 is 24.0 Å². The van der Waals surface area contributed by atoms with E-state index in [1.54, 1.807) is 20.8 Å². The minimum absolute atomic E-state index is 0.120. The minimum atomic E-state index is -1.10. The fraction of sp³-hybridized carbons (Fsp3) is 0.568. The molecular formula is C37H54N4O7. The number of hydrogen-bond donors (Lipinski definition) is 4. The molecule has 1 aliphatic rings. The molecule has 0 radical (unpaired) electrons. The molecule has 4 amide bonds. The predicted molar refractivity (Wildman–Crippen MR) is 184 cm³/mol. The van der Waals surface area contributed by atoms with Crippen LogP contribution in [0.15, 0.2) is 60.7 Å². The van der Waals surface area contributed by atoms with Crippen molar-refractivity contribution in [3.05, 3.63) is 71.8 Å². The molecule has 1 fully saturated rings. The monoisotopic (exact) mass is 666 g/mol. The van der Waals surface area contributed by atoms with Gasteiger partial charge in [-0.05, 0) is 63.5 Å². The van der Waals surface area contributed by atoms with Crippen LogP contribution in [0.3, 0.4) is 0 Å². The largest absolute Gasteiger partial charge is 0.445 e. The fourth-order valence-electron chi connectivity index (χ4n) is 5.48. The number of carbonyl (C=O) groups excluding carboxylic acids is 4. The number of ether oxygens (including phenoxy) is 3. The van der Waals surface area contributed by atoms with Crippen LogP contribution in [0.25, 0.3) is 0 Å². The van der Waals surface area contributed by atoms with Gasteiger partial charge in [-0.2, -0.15) is 0 Å². The van der Waals surface area contributed by atoms with Crippen molar-refractivity contribution in [1.29, 1.82) is 0 Å². The molecule has 2 atom stereocenters. The first-order valence-corrected chi connectivity index (χ1v) is 17.2. The zero-order valence-electron chi connectivity index (χ0n) is 28.8. The molecule has 264 valence electrons. The molecule has 0 saturated heterocycles. The minimum Gasteiger partial charge on any atom is -0.445 e. The number of hydrogen-bond acceptors (Lipinski definition) is 7. The maximum Gasteiger partial charge on any atom is 0.408 e. The summed E-state index contributed by atoms with van der Waals surface area (Å²) in [5, 5.41) is 11.2. The highest BCUT2D eigenvalue weighted by atomic mass is 16.6. The maximum absolute atomic E-state index is 13.6. The number of amides is 4. The summed E-state index contributed by atoms with van der Waals surface area (Å²) in [5.41, 5.74) is 1.05. The Morgan fingerprint density at radius 2 is 1.38 bits per heavy atom. The molecule has 0 heterocycles. The number of alkyl carbamates (subject to hydrolysis) is 2. The average molecular weight is 667 g/mol. The normalized spacial score (nSPS) is 14.6. The third-order valence-corrected chi connectivity index (χ3v) is 8.01. The lowest BCUT2D eigenvalue weighted by Crippen LogP contribution is -2.55. The van der Waals surface area contributed by atoms with Crippen LogP contribution in [0.4, 0.5) is 9.59 Å². The van der Waals surface area contributed by atoms with Crippen molar-refractivity contribution in [2.24, 2.45) is 5.92 Å². The van der Waals surface area contributed by atoms with Crippen LogP contribution in [0.1, 0.15) is 89.7 Å². The second kappa shape index (κ2) is 21.0. The highest BCUT2D eigenvalue weighted by molar-refractivity contribution is 5.91. The van der Waals surface area contributed by atoms with Crippen LogP contribution in [-0.2, 0) is 37.0 Å². The molecule has 1 aliphatic carbocycles. The first-order chi connectivity index (χ1) is 23.1. The Kier molecular flexibility index (Phi) is 16.7. The molecule has 1 saturated carbocycles. The van der Waals surface area contributed by atoms with E-state index in [1.807, 2.05) is 60.7 Å². The van der Waals surface area contributed by atoms with Gasteiger partial charge in [0, 0.05) is 13.1 Å². The standard InChI is InChI=1S/C37H54N4O7/c1-37(2,3)48-36(45)41-32(27-46-25-29-17-9-5-10-18-29)34(43)40-31(33(42)38-24-22-28-15-7-4-8-16-28)21-13-14-23-39-35(44)47-26-30-19-11-6-12-20-30/h5-6,9-12,17-20,28,31-32H,4,7-8,13-16,21-27H2,1-3H3,(H,38,42)(H,39,44)(H,40,43)(H,41,45)/t31-,32-/m0/s1. The molecule has 11 nitrogen and oxygen atoms in total. The number of rotatable bonds is 18. The van der Waals surface area contributed by atoms with Gasteiger partial charge in [-0.25, -0.2) is 9.59 Å². The van der Waals surface area contributed by atoms with Crippen LogP contribution in [0.2, 0.25) is 0 Å². The lowest BCUT2D eigenvalue weighted by molar-refractivity contribution is -0.131. The van der Waals surface area contributed by atoms with Crippen LogP contribution >= 0.6 is 0 Å². The van der Waals surface area contributed by atoms with E-state index in [-0.39, 0.29) is 25.7 Å². The zero-order chi connectivity index (χ0) is 34.6. The van der Waals surface area contributed by atoms with E-state index in [9.17, 15) is 19.2 Å². The molecule has 0 unspecified atom stereocenters. The smallest absolute Gasteiger partial charge is 0.408 e. The molecule has 2 aromatic carbocycles. The van der Waals surface area contributed by atoms with Crippen LogP contribution in [-0.4, -0.2) is 61.4 Å². The second-order valence-electron chi connectivity index (χ2n) is 13.3. The molecule has 0 aliphatic heterocycles. The van der Waals surface area contributed by atoms with Crippen LogP contribution < -0.4 is 21.3 Å². The van der Waals surface area contributed by atoms with Gasteiger partial charge in [0.05, 0.1) is 13.2 Å². The van der Waals surface area contributed by atoms with Gasteiger partial charge in [0.2, 0.25) is 11.8 Å². The van der Waals surface area contributed by atoms with Gasteiger partial charge in [0.15, 0.2) is 0 Å². The summed E-state index contributed by atoms with van der Waals surface area (Å²) in [6, 6.07) is 17.0. The lowest BCUT2D eigenvalue weighted by Gasteiger charge is -2.26. The van der Waals surface area contributed by atoms with E-state index < -0.39 is 35.8 Å². The van der Waals surface area contributed by atoms with Crippen molar-refractivity contribution in [2.45, 2.75) is 109 Å². The Labute approximate surface area is 285 Å². The predicted octanol–water partition coefficient (Wildman–Crippen LogP) is 5.76. The van der Waals surface area contributed by atoms with Gasteiger partial charge >= 0.3 is 12.2 Å². The van der Waals surface area contributed by atoms with Crippen molar-refractivity contribution < 1.29 is 33.4 Å². The van der Waals surface area contributed by atoms with Crippen LogP contribution in [0, 0.1) is 5.92 Å². The van der Waals surface area contributed by atoms with E-state index in [0.717, 1.165) is 17.5 Å². The highest BCUT2D eigenvalue weighted by Gasteiger charge is 2.29. The highest BCUT2D eigenvalue weighted by Crippen LogP contribution is 2.25. The van der Waals surface area contributed by atoms with E-state index in [2.05, 4.69) is 21.3 Å². The Balaban J connectivity index is 1.56. The molecule has 0 spiro atoms. The summed E-state index contributed by atoms with van der Waals surface area (Å²) >= 11 is 0. The van der Waals surface area contributed by atoms with Crippen molar-refractivity contribution in [1.82, 2.24) is 21.3 Å². The average Bonchev–Trinajstić information content (AvgIpc) is 3.06. The van der Waals surface area contributed by atoms with E-state index in [0.29, 0.717) is 38.3 Å². The van der Waals surface area contributed by atoms with E-state index in [4.69, 9.17) is 14.2 Å². The summed E-state index contributed by atoms with van der Waals surface area (Å²) in [4.78, 5) is 51.7. The molecule has 4 N–H and O–H groups in total. The van der Waals surface area contributed by atoms with Crippen molar-refractivity contribution in [2.75, 3.05) is 19.7 Å². The van der Waals surface area contributed by atoms with E-state index >= 15 is 0 Å². The fourth-order valence-corrected chi connectivity index (χ4v) is 5.48. The third kappa shape index (κ3) is 16.1. The lowest BCUT2D eigenvalue weighted by atomic mass is 9.87. The zero-order valence-corrected chi connectivity index (χ0v) is 28.8. The van der Waals surface area contributed by atoms with E-state index in [1.165, 1.54) is 32.1 Å². The van der Waals surface area contributed by atoms with Gasteiger partial charge in [0.1, 0.15) is 24.3 Å². The Morgan fingerprint density at radius 3 is 2.02 bits per heavy atom. The molecule has 3 rings (SSSR count). The molecule has 0 bridgehead atoms. The summed E-state index contributed by atoms with van der Waals surface area (Å²) < 4.78 is 16.5. The van der Waals surface area contributed by atoms with Gasteiger partial charge in [-0.1, -0.05) is 92.8 Å². The molecule has 11 heteroatoms. The Morgan fingerprint density at radius 1 is 0.729 bits per heavy atom. The quantitative estimate of drug-likeness (QED) is 0.148. The van der Waals surface area contributed by atoms with Crippen LogP contribution in [0.5, 0.6) is 0 Å². The number of unbranched alkanes of at least 4 members (excludes halogenated alkanes) is 1. The molecular weight excluding hydrogens is 612 g/mol. The van der Waals surface area contributed by atoms with Crippen molar-refractivity contribution in [3.8, 4) is 0 Å². The summed E-state index contributed by atoms with van der Waals surface area (Å²) in [7, 11) is 0. The van der Waals surface area contributed by atoms with Gasteiger partial charge in [0.25, 0.3) is 0 Å². The third-order valence-electron chi connectivity index (χ3n) is 8.01. The van der Waals surface area contributed by atoms with Gasteiger partial charge < -0.3 is 35.5 Å². The SMILES string of the molecule is CC(C)(C)OC(=O)N[C@@H](COCc1ccccc1)C(=O)N[C@@H](CCCCNC(=O)OCc1ccccc1)C(=O)NCCC1CCCCC1. The topological polar surface area (TPSA) is 144 Å².